The summed E-state index contributed by atoms with van der Waals surface area (Å²) < 4.78 is 18.0. The molecule has 32 heavy (non-hydrogen) atoms. The molecule has 0 saturated heterocycles. The van der Waals surface area contributed by atoms with Gasteiger partial charge in [-0.25, -0.2) is 4.98 Å². The zero-order valence-electron chi connectivity index (χ0n) is 18.0. The van der Waals surface area contributed by atoms with Crippen molar-refractivity contribution in [3.05, 3.63) is 78.2 Å². The molecular weight excluding hydrogens is 426 g/mol. The molecule has 0 saturated carbocycles. The highest BCUT2D eigenvalue weighted by Crippen LogP contribution is 2.40. The van der Waals surface area contributed by atoms with Crippen LogP contribution in [0.1, 0.15) is 16.1 Å². The average Bonchev–Trinajstić information content (AvgIpc) is 3.25. The van der Waals surface area contributed by atoms with Gasteiger partial charge in [0.1, 0.15) is 5.65 Å². The number of anilines is 1. The second kappa shape index (κ2) is 9.65. The Balaban J connectivity index is 1.41. The van der Waals surface area contributed by atoms with Crippen LogP contribution < -0.4 is 19.5 Å². The van der Waals surface area contributed by atoms with Crippen molar-refractivity contribution in [2.75, 3.05) is 26.6 Å². The van der Waals surface area contributed by atoms with Gasteiger partial charge in [-0.05, 0) is 36.4 Å². The van der Waals surface area contributed by atoms with Gasteiger partial charge in [-0.1, -0.05) is 6.07 Å². The number of nitrogens with zero attached hydrogens (tertiary/aromatic N) is 2. The Bertz CT molecular complexity index is 1180. The molecule has 1 N–H and O–H groups in total. The number of carbonyl (C=O) groups is 1. The van der Waals surface area contributed by atoms with Gasteiger partial charge in [-0.15, -0.1) is 11.8 Å². The molecule has 0 aliphatic rings. The topological polar surface area (TPSA) is 74.1 Å². The Morgan fingerprint density at radius 1 is 1.00 bits per heavy atom. The first-order valence-electron chi connectivity index (χ1n) is 9.88. The summed E-state index contributed by atoms with van der Waals surface area (Å²) in [6, 6.07) is 16.8. The van der Waals surface area contributed by atoms with Crippen LogP contribution in [0.25, 0.3) is 5.65 Å². The third kappa shape index (κ3) is 4.65. The number of hydrogen-bond acceptors (Lipinski definition) is 6. The van der Waals surface area contributed by atoms with Gasteiger partial charge in [0.15, 0.2) is 11.5 Å². The summed E-state index contributed by atoms with van der Waals surface area (Å²) in [5.74, 6) is 1.94. The third-order valence-corrected chi connectivity index (χ3v) is 5.89. The number of hydrogen-bond donors (Lipinski definition) is 1. The molecule has 4 aromatic rings. The summed E-state index contributed by atoms with van der Waals surface area (Å²) in [6.07, 6.45) is 4.01. The van der Waals surface area contributed by atoms with Crippen molar-refractivity contribution in [1.29, 1.82) is 0 Å². The number of rotatable bonds is 8. The molecule has 2 aromatic heterocycles. The predicted molar refractivity (Wildman–Crippen MR) is 125 cm³/mol. The Morgan fingerprint density at radius 3 is 2.34 bits per heavy atom. The molecule has 2 heterocycles. The lowest BCUT2D eigenvalue weighted by atomic mass is 10.2. The largest absolute Gasteiger partial charge is 0.493 e. The van der Waals surface area contributed by atoms with Gasteiger partial charge >= 0.3 is 0 Å². The van der Waals surface area contributed by atoms with E-state index in [0.717, 1.165) is 22.0 Å². The third-order valence-electron chi connectivity index (χ3n) is 4.84. The summed E-state index contributed by atoms with van der Waals surface area (Å²) in [6.45, 7) is 0. The minimum atomic E-state index is -0.226. The summed E-state index contributed by atoms with van der Waals surface area (Å²) in [5.41, 5.74) is 3.04. The molecule has 2 aromatic carbocycles. The second-order valence-electron chi connectivity index (χ2n) is 6.88. The van der Waals surface area contributed by atoms with E-state index in [0.29, 0.717) is 28.5 Å². The van der Waals surface area contributed by atoms with Crippen molar-refractivity contribution in [3.63, 3.8) is 0 Å². The quantitative estimate of drug-likeness (QED) is 0.386. The molecule has 4 rings (SSSR count). The van der Waals surface area contributed by atoms with Crippen molar-refractivity contribution in [2.45, 2.75) is 10.6 Å². The first-order valence-corrected chi connectivity index (χ1v) is 10.9. The number of imidazole rings is 1. The summed E-state index contributed by atoms with van der Waals surface area (Å²) in [7, 11) is 4.60. The molecule has 0 aliphatic heterocycles. The molecule has 8 heteroatoms. The first-order chi connectivity index (χ1) is 15.6. The molecule has 0 radical (unpaired) electrons. The summed E-state index contributed by atoms with van der Waals surface area (Å²) in [4.78, 5) is 18.4. The van der Waals surface area contributed by atoms with Crippen LogP contribution in [-0.2, 0) is 5.75 Å². The highest BCUT2D eigenvalue weighted by Gasteiger charge is 2.15. The van der Waals surface area contributed by atoms with Gasteiger partial charge in [0, 0.05) is 46.4 Å². The fourth-order valence-electron chi connectivity index (χ4n) is 3.27. The lowest BCUT2D eigenvalue weighted by Crippen LogP contribution is -2.12. The van der Waals surface area contributed by atoms with E-state index in [4.69, 9.17) is 14.2 Å². The number of benzene rings is 2. The molecule has 1 amide bonds. The summed E-state index contributed by atoms with van der Waals surface area (Å²) in [5, 5.41) is 2.88. The summed E-state index contributed by atoms with van der Waals surface area (Å²) >= 11 is 1.67. The molecule has 0 fully saturated rings. The van der Waals surface area contributed by atoms with Gasteiger partial charge in [-0.2, -0.15) is 0 Å². The molecule has 0 bridgehead atoms. The van der Waals surface area contributed by atoms with E-state index in [1.54, 1.807) is 36.0 Å². The number of methoxy groups -OCH3 is 3. The van der Waals surface area contributed by atoms with Crippen LogP contribution in [0.4, 0.5) is 5.69 Å². The van der Waals surface area contributed by atoms with Crippen LogP contribution >= 0.6 is 11.8 Å². The zero-order chi connectivity index (χ0) is 22.5. The molecule has 164 valence electrons. The van der Waals surface area contributed by atoms with Crippen molar-refractivity contribution in [3.8, 4) is 17.2 Å². The minimum Gasteiger partial charge on any atom is -0.493 e. The maximum absolute atomic E-state index is 12.7. The van der Waals surface area contributed by atoms with E-state index in [1.165, 1.54) is 21.3 Å². The smallest absolute Gasteiger partial charge is 0.255 e. The van der Waals surface area contributed by atoms with Crippen LogP contribution in [0, 0.1) is 0 Å². The normalized spacial score (nSPS) is 10.7. The van der Waals surface area contributed by atoms with Crippen molar-refractivity contribution in [2.24, 2.45) is 0 Å². The van der Waals surface area contributed by atoms with E-state index >= 15 is 0 Å². The van der Waals surface area contributed by atoms with Crippen LogP contribution in [0.3, 0.4) is 0 Å². The molecular formula is C24H23N3O4S. The number of amides is 1. The Morgan fingerprint density at radius 2 is 1.72 bits per heavy atom. The highest BCUT2D eigenvalue weighted by molar-refractivity contribution is 7.98. The van der Waals surface area contributed by atoms with Crippen molar-refractivity contribution < 1.29 is 19.0 Å². The van der Waals surface area contributed by atoms with E-state index in [2.05, 4.69) is 10.3 Å². The number of thioether (sulfide) groups is 1. The van der Waals surface area contributed by atoms with Crippen LogP contribution in [0.5, 0.6) is 17.2 Å². The van der Waals surface area contributed by atoms with E-state index in [-0.39, 0.29) is 5.91 Å². The number of carbonyl (C=O) groups excluding carboxylic acids is 1. The van der Waals surface area contributed by atoms with Crippen LogP contribution in [0.15, 0.2) is 71.9 Å². The van der Waals surface area contributed by atoms with E-state index in [9.17, 15) is 4.79 Å². The maximum atomic E-state index is 12.7. The van der Waals surface area contributed by atoms with Gasteiger partial charge in [0.05, 0.1) is 27.0 Å². The van der Waals surface area contributed by atoms with Gasteiger partial charge in [0.2, 0.25) is 5.75 Å². The van der Waals surface area contributed by atoms with Crippen molar-refractivity contribution in [1.82, 2.24) is 9.38 Å². The molecule has 0 unspecified atom stereocenters. The van der Waals surface area contributed by atoms with Crippen molar-refractivity contribution >= 4 is 29.0 Å². The zero-order valence-corrected chi connectivity index (χ0v) is 18.8. The predicted octanol–water partition coefficient (Wildman–Crippen LogP) is 4.90. The molecule has 0 aliphatic carbocycles. The monoisotopic (exact) mass is 449 g/mol. The standard InChI is InChI=1S/C24H23N3O4S/c1-29-20-12-17(13-21(30-2)23(20)31-3)26-24(28)16-7-9-19(10-8-16)32-15-18-14-27-11-5-4-6-22(27)25-18/h4-14H,15H2,1-3H3,(H,26,28). The Hall–Kier alpha value is -3.65. The fourth-order valence-corrected chi connectivity index (χ4v) is 4.06. The number of fused-ring (bicyclic) bond motifs is 1. The number of pyridine rings is 1. The van der Waals surface area contributed by atoms with E-state index in [1.807, 2.05) is 47.1 Å². The Labute approximate surface area is 190 Å². The molecule has 7 nitrogen and oxygen atoms in total. The number of aromatic nitrogens is 2. The molecule has 0 atom stereocenters. The van der Waals surface area contributed by atoms with Gasteiger partial charge in [0.25, 0.3) is 5.91 Å². The van der Waals surface area contributed by atoms with Gasteiger partial charge in [-0.3, -0.25) is 4.79 Å². The first kappa shape index (κ1) is 21.6. The maximum Gasteiger partial charge on any atom is 0.255 e. The second-order valence-corrected chi connectivity index (χ2v) is 7.93. The SMILES string of the molecule is COc1cc(NC(=O)c2ccc(SCc3cn4ccccc4n3)cc2)cc(OC)c1OC. The average molecular weight is 450 g/mol. The lowest BCUT2D eigenvalue weighted by Gasteiger charge is -2.14. The van der Waals surface area contributed by atoms with Gasteiger partial charge < -0.3 is 23.9 Å². The lowest BCUT2D eigenvalue weighted by molar-refractivity contribution is 0.102. The molecule has 0 spiro atoms. The number of nitrogens with one attached hydrogen (secondary N) is 1. The number of ether oxygens (including phenoxy) is 3. The Kier molecular flexibility index (Phi) is 6.51. The van der Waals surface area contributed by atoms with E-state index < -0.39 is 0 Å². The minimum absolute atomic E-state index is 0.226. The highest BCUT2D eigenvalue weighted by atomic mass is 32.2. The van der Waals surface area contributed by atoms with Crippen LogP contribution in [0.2, 0.25) is 0 Å². The van der Waals surface area contributed by atoms with Crippen LogP contribution in [-0.4, -0.2) is 36.6 Å². The fraction of sp³-hybridized carbons (Fsp3) is 0.167.